The molecule has 10 heteroatoms. The topological polar surface area (TPSA) is 121 Å². The van der Waals surface area contributed by atoms with Crippen molar-refractivity contribution in [2.45, 2.75) is 65.2 Å². The van der Waals surface area contributed by atoms with Crippen LogP contribution in [0.5, 0.6) is 11.5 Å². The van der Waals surface area contributed by atoms with Crippen molar-refractivity contribution in [1.29, 1.82) is 0 Å². The summed E-state index contributed by atoms with van der Waals surface area (Å²) in [5.74, 6) is 0.655. The molecule has 0 aliphatic carbocycles. The summed E-state index contributed by atoms with van der Waals surface area (Å²) in [6.07, 6.45) is -0.0356. The van der Waals surface area contributed by atoms with Gasteiger partial charge in [-0.05, 0) is 64.8 Å². The standard InChI is InChI=1S/C29H40N2O8/c1-28(2,3)38-26(33)30-15-10-16-37-23-12-9-8-11-21(23)18-29(4,5)39-27(34)31-19-22-14-13-20(25(32)36-7)17-24(22)35-6/h8-9,11-14,17H,10,15-16,18-19H2,1-7H3,(H,30,33)(H,31,34). The summed E-state index contributed by atoms with van der Waals surface area (Å²) in [6, 6.07) is 12.4. The van der Waals surface area contributed by atoms with Crippen molar-refractivity contribution in [2.24, 2.45) is 0 Å². The number of alkyl carbamates (subject to hydrolysis) is 2. The number of para-hydroxylation sites is 1. The Balaban J connectivity index is 1.87. The third-order valence-electron chi connectivity index (χ3n) is 5.34. The minimum atomic E-state index is -0.833. The van der Waals surface area contributed by atoms with Gasteiger partial charge in [0.2, 0.25) is 0 Å². The molecular weight excluding hydrogens is 504 g/mol. The van der Waals surface area contributed by atoms with Crippen LogP contribution in [0.3, 0.4) is 0 Å². The van der Waals surface area contributed by atoms with Gasteiger partial charge in [-0.15, -0.1) is 0 Å². The molecule has 0 atom stereocenters. The highest BCUT2D eigenvalue weighted by molar-refractivity contribution is 5.90. The number of carbonyl (C=O) groups is 3. The van der Waals surface area contributed by atoms with Gasteiger partial charge in [0.1, 0.15) is 22.7 Å². The second kappa shape index (κ2) is 14.3. The number of amides is 2. The molecule has 0 saturated carbocycles. The first-order valence-corrected chi connectivity index (χ1v) is 12.7. The van der Waals surface area contributed by atoms with Crippen molar-refractivity contribution in [1.82, 2.24) is 10.6 Å². The summed E-state index contributed by atoms with van der Waals surface area (Å²) in [7, 11) is 2.79. The van der Waals surface area contributed by atoms with E-state index in [4.69, 9.17) is 23.7 Å². The minimum Gasteiger partial charge on any atom is -0.496 e. The van der Waals surface area contributed by atoms with Gasteiger partial charge in [0.15, 0.2) is 0 Å². The Morgan fingerprint density at radius 1 is 0.821 bits per heavy atom. The third kappa shape index (κ3) is 11.1. The van der Waals surface area contributed by atoms with Gasteiger partial charge >= 0.3 is 18.2 Å². The molecule has 0 aliphatic heterocycles. The van der Waals surface area contributed by atoms with Crippen LogP contribution in [0.25, 0.3) is 0 Å². The Morgan fingerprint density at radius 2 is 1.51 bits per heavy atom. The molecule has 0 unspecified atom stereocenters. The van der Waals surface area contributed by atoms with E-state index in [2.05, 4.69) is 10.6 Å². The maximum atomic E-state index is 12.6. The number of rotatable bonds is 12. The van der Waals surface area contributed by atoms with Crippen LogP contribution in [0.4, 0.5) is 9.59 Å². The van der Waals surface area contributed by atoms with E-state index >= 15 is 0 Å². The number of hydrogen-bond donors (Lipinski definition) is 2. The van der Waals surface area contributed by atoms with Crippen LogP contribution in [0, 0.1) is 0 Å². The summed E-state index contributed by atoms with van der Waals surface area (Å²) in [6.45, 7) is 10.0. The first-order chi connectivity index (χ1) is 18.3. The highest BCUT2D eigenvalue weighted by Crippen LogP contribution is 2.26. The van der Waals surface area contributed by atoms with E-state index in [1.54, 1.807) is 18.2 Å². The van der Waals surface area contributed by atoms with E-state index in [0.29, 0.717) is 48.6 Å². The molecular formula is C29H40N2O8. The molecule has 0 aliphatic rings. The van der Waals surface area contributed by atoms with Crippen molar-refractivity contribution in [3.8, 4) is 11.5 Å². The molecule has 0 radical (unpaired) electrons. The van der Waals surface area contributed by atoms with E-state index < -0.39 is 29.4 Å². The molecule has 0 fully saturated rings. The van der Waals surface area contributed by atoms with Gasteiger partial charge in [0.25, 0.3) is 0 Å². The van der Waals surface area contributed by atoms with Crippen LogP contribution in [0.15, 0.2) is 42.5 Å². The van der Waals surface area contributed by atoms with Crippen molar-refractivity contribution < 1.29 is 38.1 Å². The Bertz CT molecular complexity index is 1120. The van der Waals surface area contributed by atoms with E-state index in [1.807, 2.05) is 58.9 Å². The molecule has 10 nitrogen and oxygen atoms in total. The van der Waals surface area contributed by atoms with Gasteiger partial charge in [-0.1, -0.05) is 24.3 Å². The lowest BCUT2D eigenvalue weighted by molar-refractivity contribution is 0.0382. The third-order valence-corrected chi connectivity index (χ3v) is 5.34. The van der Waals surface area contributed by atoms with Crippen molar-refractivity contribution in [2.75, 3.05) is 27.4 Å². The molecule has 2 N–H and O–H groups in total. The second-order valence-corrected chi connectivity index (χ2v) is 10.4. The van der Waals surface area contributed by atoms with E-state index in [9.17, 15) is 14.4 Å². The predicted molar refractivity (Wildman–Crippen MR) is 146 cm³/mol. The van der Waals surface area contributed by atoms with Gasteiger partial charge in [-0.2, -0.15) is 0 Å². The zero-order valence-electron chi connectivity index (χ0n) is 23.8. The van der Waals surface area contributed by atoms with Crippen molar-refractivity contribution >= 4 is 18.2 Å². The minimum absolute atomic E-state index is 0.149. The van der Waals surface area contributed by atoms with Crippen LogP contribution < -0.4 is 20.1 Å². The predicted octanol–water partition coefficient (Wildman–Crippen LogP) is 5.02. The van der Waals surface area contributed by atoms with Crippen LogP contribution in [0.2, 0.25) is 0 Å². The zero-order valence-corrected chi connectivity index (χ0v) is 23.8. The van der Waals surface area contributed by atoms with Gasteiger partial charge < -0.3 is 34.3 Å². The fourth-order valence-corrected chi connectivity index (χ4v) is 3.63. The molecule has 2 rings (SSSR count). The van der Waals surface area contributed by atoms with E-state index in [1.165, 1.54) is 14.2 Å². The molecule has 0 saturated heterocycles. The fraction of sp³-hybridized carbons (Fsp3) is 0.483. The smallest absolute Gasteiger partial charge is 0.407 e. The van der Waals surface area contributed by atoms with Gasteiger partial charge in [0, 0.05) is 25.1 Å². The number of benzene rings is 2. The Labute approximate surface area is 230 Å². The quantitative estimate of drug-likeness (QED) is 0.217. The number of ether oxygens (including phenoxy) is 5. The second-order valence-electron chi connectivity index (χ2n) is 10.4. The average molecular weight is 545 g/mol. The molecule has 0 aromatic heterocycles. The maximum absolute atomic E-state index is 12.6. The number of esters is 1. The largest absolute Gasteiger partial charge is 0.496 e. The lowest BCUT2D eigenvalue weighted by Gasteiger charge is -2.26. The molecule has 39 heavy (non-hydrogen) atoms. The molecule has 2 aromatic carbocycles. The average Bonchev–Trinajstić information content (AvgIpc) is 2.86. The first-order valence-electron chi connectivity index (χ1n) is 12.7. The number of methoxy groups -OCH3 is 2. The molecule has 0 bridgehead atoms. The lowest BCUT2D eigenvalue weighted by atomic mass is 9.97. The summed E-state index contributed by atoms with van der Waals surface area (Å²) >= 11 is 0. The van der Waals surface area contributed by atoms with Crippen LogP contribution >= 0.6 is 0 Å². The molecule has 2 aromatic rings. The summed E-state index contributed by atoms with van der Waals surface area (Å²) < 4.78 is 26.9. The van der Waals surface area contributed by atoms with Gasteiger partial charge in [-0.25, -0.2) is 14.4 Å². The van der Waals surface area contributed by atoms with Crippen LogP contribution in [-0.4, -0.2) is 56.7 Å². The molecule has 214 valence electrons. The summed E-state index contributed by atoms with van der Waals surface area (Å²) in [4.78, 5) is 36.1. The Kier molecular flexibility index (Phi) is 11.4. The Morgan fingerprint density at radius 3 is 2.18 bits per heavy atom. The number of hydrogen-bond acceptors (Lipinski definition) is 8. The van der Waals surface area contributed by atoms with Gasteiger partial charge in [0.05, 0.1) is 26.4 Å². The van der Waals surface area contributed by atoms with Crippen molar-refractivity contribution in [3.63, 3.8) is 0 Å². The number of nitrogens with one attached hydrogen (secondary N) is 2. The monoisotopic (exact) mass is 544 g/mol. The van der Waals surface area contributed by atoms with Crippen LogP contribution in [-0.2, 0) is 27.2 Å². The lowest BCUT2D eigenvalue weighted by Crippen LogP contribution is -2.36. The Hall–Kier alpha value is -3.95. The molecule has 0 heterocycles. The normalized spacial score (nSPS) is 11.3. The number of carbonyl (C=O) groups excluding carboxylic acids is 3. The van der Waals surface area contributed by atoms with Crippen molar-refractivity contribution in [3.05, 3.63) is 59.2 Å². The highest BCUT2D eigenvalue weighted by Gasteiger charge is 2.25. The maximum Gasteiger partial charge on any atom is 0.407 e. The van der Waals surface area contributed by atoms with E-state index in [0.717, 1.165) is 5.56 Å². The van der Waals surface area contributed by atoms with E-state index in [-0.39, 0.29) is 6.54 Å². The highest BCUT2D eigenvalue weighted by atomic mass is 16.6. The zero-order chi connectivity index (χ0) is 29.1. The SMILES string of the molecule is COC(=O)c1ccc(CNC(=O)OC(C)(C)Cc2ccccc2OCCCNC(=O)OC(C)(C)C)c(OC)c1. The molecule has 2 amide bonds. The van der Waals surface area contributed by atoms with Crippen LogP contribution in [0.1, 0.15) is 62.5 Å². The summed E-state index contributed by atoms with van der Waals surface area (Å²) in [5.41, 5.74) is 0.535. The molecule has 0 spiro atoms. The summed E-state index contributed by atoms with van der Waals surface area (Å²) in [5, 5.41) is 5.44. The first kappa shape index (κ1) is 31.3. The fourth-order valence-electron chi connectivity index (χ4n) is 3.63. The van der Waals surface area contributed by atoms with Gasteiger partial charge in [-0.3, -0.25) is 0 Å².